The summed E-state index contributed by atoms with van der Waals surface area (Å²) in [6, 6.07) is 10.2. The molecule has 0 unspecified atom stereocenters. The van der Waals surface area contributed by atoms with Gasteiger partial charge in [-0.1, -0.05) is 18.2 Å². The third kappa shape index (κ3) is 4.29. The number of fused-ring (bicyclic) bond motifs is 1. The van der Waals surface area contributed by atoms with E-state index < -0.39 is 0 Å². The van der Waals surface area contributed by atoms with E-state index in [1.807, 2.05) is 19.1 Å². The summed E-state index contributed by atoms with van der Waals surface area (Å²) in [5.41, 5.74) is 0. The molecule has 21 heavy (non-hydrogen) atoms. The molecule has 0 spiro atoms. The van der Waals surface area contributed by atoms with Gasteiger partial charge < -0.3 is 10.2 Å². The zero-order valence-electron chi connectivity index (χ0n) is 12.6. The lowest BCUT2D eigenvalue weighted by Crippen LogP contribution is -2.36. The van der Waals surface area contributed by atoms with Crippen LogP contribution >= 0.6 is 11.3 Å². The van der Waals surface area contributed by atoms with Gasteiger partial charge in [0, 0.05) is 36.0 Å². The Morgan fingerprint density at radius 3 is 2.71 bits per heavy atom. The second kappa shape index (κ2) is 6.72. The molecule has 0 saturated carbocycles. The molecular weight excluding hydrogens is 284 g/mol. The number of hydrogen-bond acceptors (Lipinski definition) is 3. The molecule has 0 aliphatic heterocycles. The van der Waals surface area contributed by atoms with Crippen LogP contribution in [0.5, 0.6) is 0 Å². The molecule has 2 amide bonds. The molecule has 0 bridgehead atoms. The van der Waals surface area contributed by atoms with Crippen molar-refractivity contribution in [2.45, 2.75) is 32.9 Å². The summed E-state index contributed by atoms with van der Waals surface area (Å²) in [7, 11) is 1.80. The summed E-state index contributed by atoms with van der Waals surface area (Å²) in [5, 5.41) is 3.94. The SMILES string of the molecule is CC(=O)N[C@H](C)CC(=O)N(C)Cc1cc2ccccc2s1. The number of rotatable bonds is 5. The molecule has 4 nitrogen and oxygen atoms in total. The van der Waals surface area contributed by atoms with Crippen LogP contribution in [0, 0.1) is 0 Å². The van der Waals surface area contributed by atoms with Gasteiger partial charge in [-0.25, -0.2) is 0 Å². The summed E-state index contributed by atoms with van der Waals surface area (Å²) in [6.45, 7) is 3.90. The summed E-state index contributed by atoms with van der Waals surface area (Å²) >= 11 is 1.71. The second-order valence-electron chi connectivity index (χ2n) is 5.31. The average Bonchev–Trinajstić information content (AvgIpc) is 2.79. The zero-order valence-corrected chi connectivity index (χ0v) is 13.4. The number of hydrogen-bond donors (Lipinski definition) is 1. The van der Waals surface area contributed by atoms with Crippen LogP contribution in [0.3, 0.4) is 0 Å². The van der Waals surface area contributed by atoms with Gasteiger partial charge in [0.2, 0.25) is 11.8 Å². The van der Waals surface area contributed by atoms with Gasteiger partial charge in [-0.2, -0.15) is 0 Å². The Balaban J connectivity index is 1.95. The van der Waals surface area contributed by atoms with Gasteiger partial charge in [-0.15, -0.1) is 11.3 Å². The van der Waals surface area contributed by atoms with Gasteiger partial charge in [-0.3, -0.25) is 9.59 Å². The molecule has 0 fully saturated rings. The summed E-state index contributed by atoms with van der Waals surface area (Å²) in [4.78, 5) is 26.0. The van der Waals surface area contributed by atoms with Crippen LogP contribution < -0.4 is 5.32 Å². The average molecular weight is 304 g/mol. The zero-order chi connectivity index (χ0) is 15.4. The lowest BCUT2D eigenvalue weighted by Gasteiger charge is -2.19. The van der Waals surface area contributed by atoms with Crippen molar-refractivity contribution in [1.29, 1.82) is 0 Å². The predicted octanol–water partition coefficient (Wildman–Crippen LogP) is 2.77. The summed E-state index contributed by atoms with van der Waals surface area (Å²) < 4.78 is 1.24. The molecule has 1 heterocycles. The molecule has 2 aromatic rings. The van der Waals surface area contributed by atoms with Crippen molar-refractivity contribution in [3.8, 4) is 0 Å². The predicted molar refractivity (Wildman–Crippen MR) is 86.2 cm³/mol. The highest BCUT2D eigenvalue weighted by molar-refractivity contribution is 7.19. The van der Waals surface area contributed by atoms with Gasteiger partial charge in [0.1, 0.15) is 0 Å². The highest BCUT2D eigenvalue weighted by Crippen LogP contribution is 2.26. The van der Waals surface area contributed by atoms with Gasteiger partial charge in [0.05, 0.1) is 6.54 Å². The maximum Gasteiger partial charge on any atom is 0.224 e. The topological polar surface area (TPSA) is 49.4 Å². The Labute approximate surface area is 128 Å². The molecule has 112 valence electrons. The number of nitrogens with zero attached hydrogens (tertiary/aromatic N) is 1. The Kier molecular flexibility index (Phi) is 4.96. The third-order valence-electron chi connectivity index (χ3n) is 3.23. The van der Waals surface area contributed by atoms with Crippen LogP contribution in [0.4, 0.5) is 0 Å². The van der Waals surface area contributed by atoms with Crippen molar-refractivity contribution in [3.63, 3.8) is 0 Å². The van der Waals surface area contributed by atoms with Crippen LogP contribution in [0.15, 0.2) is 30.3 Å². The van der Waals surface area contributed by atoms with E-state index in [-0.39, 0.29) is 17.9 Å². The van der Waals surface area contributed by atoms with Crippen LogP contribution in [-0.4, -0.2) is 29.8 Å². The van der Waals surface area contributed by atoms with Crippen molar-refractivity contribution in [3.05, 3.63) is 35.2 Å². The normalized spacial score (nSPS) is 12.1. The molecule has 1 aromatic carbocycles. The molecule has 0 aliphatic carbocycles. The van der Waals surface area contributed by atoms with Gasteiger partial charge in [0.25, 0.3) is 0 Å². The Hall–Kier alpha value is -1.88. The number of thiophene rings is 1. The smallest absolute Gasteiger partial charge is 0.224 e. The van der Waals surface area contributed by atoms with E-state index in [2.05, 4.69) is 23.5 Å². The van der Waals surface area contributed by atoms with E-state index in [0.29, 0.717) is 13.0 Å². The quantitative estimate of drug-likeness (QED) is 0.923. The highest BCUT2D eigenvalue weighted by atomic mass is 32.1. The first kappa shape index (κ1) is 15.5. The Morgan fingerprint density at radius 1 is 1.33 bits per heavy atom. The van der Waals surface area contributed by atoms with E-state index in [1.54, 1.807) is 23.3 Å². The number of nitrogens with one attached hydrogen (secondary N) is 1. The largest absolute Gasteiger partial charge is 0.353 e. The first-order valence-corrected chi connectivity index (χ1v) is 7.76. The third-order valence-corrected chi connectivity index (χ3v) is 4.33. The van der Waals surface area contributed by atoms with Crippen molar-refractivity contribution in [2.24, 2.45) is 0 Å². The van der Waals surface area contributed by atoms with Crippen LogP contribution in [0.25, 0.3) is 10.1 Å². The fourth-order valence-corrected chi connectivity index (χ4v) is 3.37. The standard InChI is InChI=1S/C16H20N2O2S/c1-11(17-12(2)19)8-16(20)18(3)10-14-9-13-6-4-5-7-15(13)21-14/h4-7,9,11H,8,10H2,1-3H3,(H,17,19)/t11-/m1/s1. The minimum Gasteiger partial charge on any atom is -0.353 e. The molecule has 1 aromatic heterocycles. The van der Waals surface area contributed by atoms with Crippen molar-refractivity contribution < 1.29 is 9.59 Å². The summed E-state index contributed by atoms with van der Waals surface area (Å²) in [6.07, 6.45) is 0.320. The molecular formula is C16H20N2O2S. The Morgan fingerprint density at radius 2 is 2.05 bits per heavy atom. The minimum atomic E-state index is -0.139. The van der Waals surface area contributed by atoms with Crippen molar-refractivity contribution >= 4 is 33.2 Å². The lowest BCUT2D eigenvalue weighted by molar-refractivity contribution is -0.131. The molecule has 0 aliphatic rings. The number of carbonyl (C=O) groups is 2. The van der Waals surface area contributed by atoms with Gasteiger partial charge in [-0.05, 0) is 24.4 Å². The monoisotopic (exact) mass is 304 g/mol. The van der Waals surface area contributed by atoms with E-state index in [1.165, 1.54) is 21.9 Å². The first-order chi connectivity index (χ1) is 9.95. The highest BCUT2D eigenvalue weighted by Gasteiger charge is 2.15. The molecule has 5 heteroatoms. The summed E-state index contributed by atoms with van der Waals surface area (Å²) in [5.74, 6) is -0.0730. The van der Waals surface area contributed by atoms with E-state index >= 15 is 0 Å². The minimum absolute atomic E-state index is 0.0358. The van der Waals surface area contributed by atoms with Crippen LogP contribution in [0.1, 0.15) is 25.1 Å². The molecule has 0 radical (unpaired) electrons. The van der Waals surface area contributed by atoms with Crippen LogP contribution in [0.2, 0.25) is 0 Å². The number of amides is 2. The molecule has 1 N–H and O–H groups in total. The fourth-order valence-electron chi connectivity index (χ4n) is 2.25. The number of benzene rings is 1. The van der Waals surface area contributed by atoms with Crippen LogP contribution in [-0.2, 0) is 16.1 Å². The first-order valence-electron chi connectivity index (χ1n) is 6.94. The second-order valence-corrected chi connectivity index (χ2v) is 6.47. The van der Waals surface area contributed by atoms with E-state index in [4.69, 9.17) is 0 Å². The van der Waals surface area contributed by atoms with Gasteiger partial charge in [0.15, 0.2) is 0 Å². The molecule has 1 atom stereocenters. The van der Waals surface area contributed by atoms with E-state index in [9.17, 15) is 9.59 Å². The van der Waals surface area contributed by atoms with Gasteiger partial charge >= 0.3 is 0 Å². The lowest BCUT2D eigenvalue weighted by atomic mass is 10.2. The fraction of sp³-hybridized carbons (Fsp3) is 0.375. The van der Waals surface area contributed by atoms with Crippen molar-refractivity contribution in [2.75, 3.05) is 7.05 Å². The Bertz CT molecular complexity index is 618. The van der Waals surface area contributed by atoms with Crippen molar-refractivity contribution in [1.82, 2.24) is 10.2 Å². The number of carbonyl (C=O) groups excluding carboxylic acids is 2. The van der Waals surface area contributed by atoms with E-state index in [0.717, 1.165) is 0 Å². The molecule has 2 rings (SSSR count). The maximum atomic E-state index is 12.1. The molecule has 0 saturated heterocycles. The maximum absolute atomic E-state index is 12.1.